The number of nitrogens with zero attached hydrogens (tertiary/aromatic N) is 1. The van der Waals surface area contributed by atoms with Crippen LogP contribution in [0.4, 0.5) is 13.2 Å². The van der Waals surface area contributed by atoms with Gasteiger partial charge in [0, 0.05) is 17.4 Å². The van der Waals surface area contributed by atoms with E-state index in [1.54, 1.807) is 5.38 Å². The Morgan fingerprint density at radius 2 is 1.87 bits per heavy atom. The Hall–Kier alpha value is -1.45. The fraction of sp³-hybridized carbons (Fsp3) is 0.357. The van der Waals surface area contributed by atoms with Crippen molar-refractivity contribution in [1.82, 2.24) is 4.98 Å². The van der Waals surface area contributed by atoms with Crippen LogP contribution in [0.3, 0.4) is 0 Å². The highest BCUT2D eigenvalue weighted by Crippen LogP contribution is 2.31. The maximum absolute atomic E-state index is 12.5. The van der Waals surface area contributed by atoms with Gasteiger partial charge in [-0.3, -0.25) is 4.18 Å². The molecule has 0 saturated carbocycles. The summed E-state index contributed by atoms with van der Waals surface area (Å²) in [7, 11) is -3.44. The van der Waals surface area contributed by atoms with E-state index in [1.807, 2.05) is 0 Å². The summed E-state index contributed by atoms with van der Waals surface area (Å²) >= 11 is 1.37. The summed E-state index contributed by atoms with van der Waals surface area (Å²) in [6.07, 6.45) is -2.33. The van der Waals surface area contributed by atoms with E-state index >= 15 is 0 Å². The molecule has 1 aromatic heterocycles. The molecule has 0 aliphatic rings. The van der Waals surface area contributed by atoms with E-state index < -0.39 is 21.9 Å². The number of hydrogen-bond donors (Lipinski definition) is 0. The molecule has 4 nitrogen and oxygen atoms in total. The van der Waals surface area contributed by atoms with Gasteiger partial charge in [0.05, 0.1) is 29.1 Å². The topological polar surface area (TPSA) is 56.3 Å². The summed E-state index contributed by atoms with van der Waals surface area (Å²) in [6, 6.07) is 4.81. The zero-order valence-electron chi connectivity index (χ0n) is 12.1. The SMILES string of the molecule is CS(=O)(=O)OCCCc1nc(-c2ccc(C(F)(F)F)cc2)cs1. The molecule has 0 spiro atoms. The van der Waals surface area contributed by atoms with Crippen molar-refractivity contribution in [2.24, 2.45) is 0 Å². The average Bonchev–Trinajstić information content (AvgIpc) is 2.91. The highest BCUT2D eigenvalue weighted by Gasteiger charge is 2.30. The molecule has 2 rings (SSSR count). The van der Waals surface area contributed by atoms with Crippen LogP contribution in [0, 0.1) is 0 Å². The van der Waals surface area contributed by atoms with Crippen LogP contribution in [-0.2, 0) is 26.9 Å². The highest BCUT2D eigenvalue weighted by atomic mass is 32.2. The van der Waals surface area contributed by atoms with Crippen molar-refractivity contribution in [3.8, 4) is 11.3 Å². The summed E-state index contributed by atoms with van der Waals surface area (Å²) in [5.41, 5.74) is 0.505. The maximum atomic E-state index is 12.5. The van der Waals surface area contributed by atoms with Gasteiger partial charge in [-0.05, 0) is 18.6 Å². The third-order valence-corrected chi connectivity index (χ3v) is 4.40. The zero-order valence-corrected chi connectivity index (χ0v) is 13.8. The van der Waals surface area contributed by atoms with Crippen molar-refractivity contribution in [2.75, 3.05) is 12.9 Å². The molecule has 0 aliphatic heterocycles. The first kappa shape index (κ1) is 17.9. The summed E-state index contributed by atoms with van der Waals surface area (Å²) in [5, 5.41) is 2.53. The zero-order chi connectivity index (χ0) is 17.1. The van der Waals surface area contributed by atoms with Crippen LogP contribution in [-0.4, -0.2) is 26.3 Å². The molecule has 9 heteroatoms. The number of benzene rings is 1. The summed E-state index contributed by atoms with van der Waals surface area (Å²) in [6.45, 7) is 0.0774. The molecule has 0 saturated heterocycles. The van der Waals surface area contributed by atoms with Gasteiger partial charge in [0.2, 0.25) is 0 Å². The molecule has 2 aromatic rings. The molecule has 0 aliphatic carbocycles. The Morgan fingerprint density at radius 1 is 1.22 bits per heavy atom. The number of hydrogen-bond acceptors (Lipinski definition) is 5. The van der Waals surface area contributed by atoms with Gasteiger partial charge in [0.25, 0.3) is 10.1 Å². The van der Waals surface area contributed by atoms with Crippen LogP contribution < -0.4 is 0 Å². The van der Waals surface area contributed by atoms with Gasteiger partial charge < -0.3 is 0 Å². The van der Waals surface area contributed by atoms with Crippen molar-refractivity contribution in [1.29, 1.82) is 0 Å². The van der Waals surface area contributed by atoms with E-state index in [0.29, 0.717) is 24.1 Å². The second-order valence-corrected chi connectivity index (χ2v) is 7.42. The van der Waals surface area contributed by atoms with Crippen molar-refractivity contribution < 1.29 is 25.8 Å². The third kappa shape index (κ3) is 5.60. The van der Waals surface area contributed by atoms with Crippen LogP contribution in [0.25, 0.3) is 11.3 Å². The van der Waals surface area contributed by atoms with E-state index in [0.717, 1.165) is 23.4 Å². The van der Waals surface area contributed by atoms with Gasteiger partial charge in [0.15, 0.2) is 0 Å². The molecule has 1 aromatic carbocycles. The van der Waals surface area contributed by atoms with E-state index in [-0.39, 0.29) is 6.61 Å². The van der Waals surface area contributed by atoms with E-state index in [2.05, 4.69) is 9.17 Å². The van der Waals surface area contributed by atoms with Crippen molar-refractivity contribution in [2.45, 2.75) is 19.0 Å². The molecule has 0 atom stereocenters. The molecule has 0 fully saturated rings. The monoisotopic (exact) mass is 365 g/mol. The molecule has 0 N–H and O–H groups in total. The summed E-state index contributed by atoms with van der Waals surface area (Å²) in [5.74, 6) is 0. The fourth-order valence-electron chi connectivity index (χ4n) is 1.82. The Bertz CT molecular complexity index is 752. The van der Waals surface area contributed by atoms with E-state index in [9.17, 15) is 21.6 Å². The molecular formula is C14H14F3NO3S2. The lowest BCUT2D eigenvalue weighted by molar-refractivity contribution is -0.137. The Labute approximate surface area is 136 Å². The Morgan fingerprint density at radius 3 is 2.43 bits per heavy atom. The Balaban J connectivity index is 1.96. The summed E-state index contributed by atoms with van der Waals surface area (Å²) < 4.78 is 63.8. The van der Waals surface area contributed by atoms with Crippen molar-refractivity contribution >= 4 is 21.5 Å². The normalized spacial score (nSPS) is 12.5. The van der Waals surface area contributed by atoms with E-state index in [4.69, 9.17) is 0 Å². The smallest absolute Gasteiger partial charge is 0.270 e. The number of thiazole rings is 1. The number of alkyl halides is 3. The molecule has 0 radical (unpaired) electrons. The second-order valence-electron chi connectivity index (χ2n) is 4.83. The highest BCUT2D eigenvalue weighted by molar-refractivity contribution is 7.85. The molecule has 0 bridgehead atoms. The standard InChI is InChI=1S/C14H14F3NO3S2/c1-23(19,20)21-8-2-3-13-18-12(9-22-13)10-4-6-11(7-5-10)14(15,16)17/h4-7,9H,2-3,8H2,1H3. The minimum atomic E-state index is -4.36. The third-order valence-electron chi connectivity index (χ3n) is 2.89. The lowest BCUT2D eigenvalue weighted by Crippen LogP contribution is -2.04. The first-order valence-electron chi connectivity index (χ1n) is 6.61. The minimum absolute atomic E-state index is 0.0774. The minimum Gasteiger partial charge on any atom is -0.270 e. The molecular weight excluding hydrogens is 351 g/mol. The number of aryl methyl sites for hydroxylation is 1. The molecule has 0 amide bonds. The van der Waals surface area contributed by atoms with Crippen LogP contribution in [0.5, 0.6) is 0 Å². The maximum Gasteiger partial charge on any atom is 0.416 e. The number of rotatable bonds is 6. The van der Waals surface area contributed by atoms with Crippen molar-refractivity contribution in [3.05, 3.63) is 40.2 Å². The second kappa shape index (κ2) is 6.98. The molecule has 1 heterocycles. The lowest BCUT2D eigenvalue weighted by Gasteiger charge is -2.06. The van der Waals surface area contributed by atoms with Crippen LogP contribution in [0.15, 0.2) is 29.6 Å². The fourth-order valence-corrected chi connectivity index (χ4v) is 3.09. The van der Waals surface area contributed by atoms with Gasteiger partial charge in [-0.15, -0.1) is 11.3 Å². The first-order chi connectivity index (χ1) is 10.6. The van der Waals surface area contributed by atoms with Crippen LogP contribution >= 0.6 is 11.3 Å². The quantitative estimate of drug-likeness (QED) is 0.578. The van der Waals surface area contributed by atoms with Gasteiger partial charge in [0.1, 0.15) is 0 Å². The van der Waals surface area contributed by atoms with Crippen molar-refractivity contribution in [3.63, 3.8) is 0 Å². The van der Waals surface area contributed by atoms with Gasteiger partial charge in [-0.1, -0.05) is 12.1 Å². The van der Waals surface area contributed by atoms with Gasteiger partial charge in [-0.2, -0.15) is 21.6 Å². The number of halogens is 3. The summed E-state index contributed by atoms with van der Waals surface area (Å²) in [4.78, 5) is 4.34. The first-order valence-corrected chi connectivity index (χ1v) is 9.31. The van der Waals surface area contributed by atoms with E-state index in [1.165, 1.54) is 23.5 Å². The van der Waals surface area contributed by atoms with Crippen LogP contribution in [0.1, 0.15) is 17.0 Å². The van der Waals surface area contributed by atoms with Gasteiger partial charge >= 0.3 is 6.18 Å². The molecule has 23 heavy (non-hydrogen) atoms. The number of aromatic nitrogens is 1. The predicted octanol–water partition coefficient (Wildman–Crippen LogP) is 3.74. The van der Waals surface area contributed by atoms with Gasteiger partial charge in [-0.25, -0.2) is 4.98 Å². The average molecular weight is 365 g/mol. The predicted molar refractivity (Wildman–Crippen MR) is 81.7 cm³/mol. The molecule has 126 valence electrons. The van der Waals surface area contributed by atoms with Crippen LogP contribution in [0.2, 0.25) is 0 Å². The largest absolute Gasteiger partial charge is 0.416 e. The Kier molecular flexibility index (Phi) is 5.43. The lowest BCUT2D eigenvalue weighted by atomic mass is 10.1. The molecule has 0 unspecified atom stereocenters.